The van der Waals surface area contributed by atoms with Crippen LogP contribution in [0.3, 0.4) is 0 Å². The number of primary amides is 1. The summed E-state index contributed by atoms with van der Waals surface area (Å²) in [5, 5.41) is 16.4. The highest BCUT2D eigenvalue weighted by Crippen LogP contribution is 2.28. The lowest BCUT2D eigenvalue weighted by atomic mass is 9.92. The molecule has 0 aromatic carbocycles. The van der Waals surface area contributed by atoms with Crippen LogP contribution < -0.4 is 16.4 Å². The van der Waals surface area contributed by atoms with Gasteiger partial charge < -0.3 is 21.5 Å². The Labute approximate surface area is 124 Å². The van der Waals surface area contributed by atoms with Crippen molar-refractivity contribution in [3.8, 4) is 0 Å². The molecule has 2 saturated carbocycles. The van der Waals surface area contributed by atoms with Crippen LogP contribution in [0.2, 0.25) is 0 Å². The number of carbonyl (C=O) groups is 1. The molecule has 1 aromatic rings. The number of nitrogens with one attached hydrogen (secondary N) is 2. The van der Waals surface area contributed by atoms with Gasteiger partial charge >= 0.3 is 0 Å². The maximum absolute atomic E-state index is 11.5. The minimum atomic E-state index is -0.487. The number of hydrogen-bond donors (Lipinski definition) is 4. The van der Waals surface area contributed by atoms with Crippen molar-refractivity contribution in [2.24, 2.45) is 5.73 Å². The van der Waals surface area contributed by atoms with E-state index in [1.807, 2.05) is 6.07 Å². The number of hydrogen-bond acceptors (Lipinski definition) is 5. The summed E-state index contributed by atoms with van der Waals surface area (Å²) in [5.74, 6) is 0.278. The Hall–Kier alpha value is -1.82. The van der Waals surface area contributed by atoms with Gasteiger partial charge in [-0.05, 0) is 38.5 Å². The predicted molar refractivity (Wildman–Crippen MR) is 81.3 cm³/mol. The average Bonchev–Trinajstić information content (AvgIpc) is 3.22. The number of nitrogens with zero attached hydrogens (tertiary/aromatic N) is 1. The first-order valence-corrected chi connectivity index (χ1v) is 7.63. The number of anilines is 2. The Morgan fingerprint density at radius 3 is 2.71 bits per heavy atom. The lowest BCUT2D eigenvalue weighted by molar-refractivity contribution is 0.100. The number of amides is 1. The smallest absolute Gasteiger partial charge is 0.252 e. The summed E-state index contributed by atoms with van der Waals surface area (Å²) in [5.41, 5.74) is 6.53. The molecule has 0 aliphatic heterocycles. The van der Waals surface area contributed by atoms with Crippen LogP contribution in [-0.4, -0.2) is 34.2 Å². The molecule has 1 heterocycles. The van der Waals surface area contributed by atoms with Crippen LogP contribution in [0.5, 0.6) is 0 Å². The number of aliphatic hydroxyl groups is 1. The lowest BCUT2D eigenvalue weighted by Crippen LogP contribution is -2.31. The molecule has 2 aliphatic carbocycles. The summed E-state index contributed by atoms with van der Waals surface area (Å²) >= 11 is 0. The number of nitrogens with two attached hydrogens (primary N) is 1. The fraction of sp³-hybridized carbons (Fsp3) is 0.600. The number of carbonyl (C=O) groups excluding carboxylic acids is 1. The van der Waals surface area contributed by atoms with Crippen LogP contribution in [0.1, 0.15) is 48.9 Å². The molecular weight excluding hydrogens is 268 g/mol. The zero-order chi connectivity index (χ0) is 14.8. The zero-order valence-corrected chi connectivity index (χ0v) is 12.0. The van der Waals surface area contributed by atoms with Crippen LogP contribution >= 0.6 is 0 Å². The van der Waals surface area contributed by atoms with E-state index in [0.29, 0.717) is 23.7 Å². The minimum Gasteiger partial charge on any atom is -0.393 e. The third kappa shape index (κ3) is 3.64. The van der Waals surface area contributed by atoms with E-state index in [0.717, 1.165) is 37.9 Å². The Balaban J connectivity index is 1.77. The second-order valence-corrected chi connectivity index (χ2v) is 6.06. The Kier molecular flexibility index (Phi) is 3.96. The molecule has 2 unspecified atom stereocenters. The molecule has 114 valence electrons. The SMILES string of the molecule is NC(=O)c1cnc(NC2CC2)cc1NC1CCCC(O)C1. The van der Waals surface area contributed by atoms with Gasteiger partial charge in [0, 0.05) is 24.3 Å². The largest absolute Gasteiger partial charge is 0.393 e. The average molecular weight is 290 g/mol. The third-order valence-electron chi connectivity index (χ3n) is 4.10. The minimum absolute atomic E-state index is 0.169. The van der Waals surface area contributed by atoms with Gasteiger partial charge in [-0.2, -0.15) is 0 Å². The molecule has 2 aliphatic rings. The van der Waals surface area contributed by atoms with E-state index in [1.165, 1.54) is 6.20 Å². The molecule has 5 N–H and O–H groups in total. The first-order chi connectivity index (χ1) is 10.1. The topological polar surface area (TPSA) is 100 Å². The van der Waals surface area contributed by atoms with E-state index in [-0.39, 0.29) is 12.1 Å². The van der Waals surface area contributed by atoms with Gasteiger partial charge in [-0.1, -0.05) is 0 Å². The molecule has 2 atom stereocenters. The van der Waals surface area contributed by atoms with Crippen LogP contribution in [-0.2, 0) is 0 Å². The number of rotatable bonds is 5. The summed E-state index contributed by atoms with van der Waals surface area (Å²) in [4.78, 5) is 15.8. The summed E-state index contributed by atoms with van der Waals surface area (Å²) in [6.45, 7) is 0. The predicted octanol–water partition coefficient (Wildman–Crippen LogP) is 1.47. The van der Waals surface area contributed by atoms with Crippen molar-refractivity contribution in [2.45, 2.75) is 56.7 Å². The van der Waals surface area contributed by atoms with Gasteiger partial charge in [0.2, 0.25) is 0 Å². The van der Waals surface area contributed by atoms with Crippen molar-refractivity contribution in [1.29, 1.82) is 0 Å². The molecule has 1 amide bonds. The summed E-state index contributed by atoms with van der Waals surface area (Å²) in [7, 11) is 0. The Bertz CT molecular complexity index is 530. The number of pyridine rings is 1. The molecule has 21 heavy (non-hydrogen) atoms. The zero-order valence-electron chi connectivity index (χ0n) is 12.0. The number of aromatic nitrogens is 1. The van der Waals surface area contributed by atoms with Gasteiger partial charge in [-0.15, -0.1) is 0 Å². The molecule has 0 radical (unpaired) electrons. The Morgan fingerprint density at radius 1 is 1.24 bits per heavy atom. The van der Waals surface area contributed by atoms with Gasteiger partial charge in [-0.3, -0.25) is 4.79 Å². The van der Waals surface area contributed by atoms with E-state index in [4.69, 9.17) is 5.73 Å². The molecule has 1 aromatic heterocycles. The van der Waals surface area contributed by atoms with E-state index >= 15 is 0 Å². The highest BCUT2D eigenvalue weighted by atomic mass is 16.3. The quantitative estimate of drug-likeness (QED) is 0.658. The Morgan fingerprint density at radius 2 is 2.05 bits per heavy atom. The summed E-state index contributed by atoms with van der Waals surface area (Å²) in [6, 6.07) is 2.52. The molecule has 6 heteroatoms. The molecule has 6 nitrogen and oxygen atoms in total. The second-order valence-electron chi connectivity index (χ2n) is 6.06. The van der Waals surface area contributed by atoms with Crippen molar-refractivity contribution >= 4 is 17.4 Å². The first kappa shape index (κ1) is 14.1. The molecule has 0 spiro atoms. The first-order valence-electron chi connectivity index (χ1n) is 7.63. The normalized spacial score (nSPS) is 25.4. The molecule has 0 bridgehead atoms. The fourth-order valence-corrected chi connectivity index (χ4v) is 2.80. The van der Waals surface area contributed by atoms with Crippen molar-refractivity contribution < 1.29 is 9.90 Å². The summed E-state index contributed by atoms with van der Waals surface area (Å²) < 4.78 is 0. The highest BCUT2D eigenvalue weighted by molar-refractivity contribution is 5.98. The van der Waals surface area contributed by atoms with Crippen molar-refractivity contribution in [2.75, 3.05) is 10.6 Å². The van der Waals surface area contributed by atoms with Gasteiger partial charge in [0.15, 0.2) is 0 Å². The highest BCUT2D eigenvalue weighted by Gasteiger charge is 2.24. The summed E-state index contributed by atoms with van der Waals surface area (Å²) in [6.07, 6.45) is 7.12. The van der Waals surface area contributed by atoms with Crippen LogP contribution in [0.4, 0.5) is 11.5 Å². The molecule has 2 fully saturated rings. The van der Waals surface area contributed by atoms with E-state index in [1.54, 1.807) is 0 Å². The number of aliphatic hydroxyl groups excluding tert-OH is 1. The van der Waals surface area contributed by atoms with Crippen molar-refractivity contribution in [1.82, 2.24) is 4.98 Å². The van der Waals surface area contributed by atoms with Gasteiger partial charge in [0.05, 0.1) is 17.4 Å². The monoisotopic (exact) mass is 290 g/mol. The van der Waals surface area contributed by atoms with E-state index in [9.17, 15) is 9.90 Å². The maximum Gasteiger partial charge on any atom is 0.252 e. The van der Waals surface area contributed by atoms with Crippen LogP contribution in [0.15, 0.2) is 12.3 Å². The van der Waals surface area contributed by atoms with Gasteiger partial charge in [0.25, 0.3) is 5.91 Å². The molecular formula is C15H22N4O2. The fourth-order valence-electron chi connectivity index (χ4n) is 2.80. The molecule has 3 rings (SSSR count). The van der Waals surface area contributed by atoms with E-state index < -0.39 is 5.91 Å². The van der Waals surface area contributed by atoms with Crippen LogP contribution in [0.25, 0.3) is 0 Å². The van der Waals surface area contributed by atoms with Gasteiger partial charge in [-0.25, -0.2) is 4.98 Å². The third-order valence-corrected chi connectivity index (χ3v) is 4.10. The maximum atomic E-state index is 11.5. The lowest BCUT2D eigenvalue weighted by Gasteiger charge is -2.28. The van der Waals surface area contributed by atoms with E-state index in [2.05, 4.69) is 15.6 Å². The van der Waals surface area contributed by atoms with Crippen molar-refractivity contribution in [3.05, 3.63) is 17.8 Å². The van der Waals surface area contributed by atoms with Crippen molar-refractivity contribution in [3.63, 3.8) is 0 Å². The van der Waals surface area contributed by atoms with Gasteiger partial charge in [0.1, 0.15) is 5.82 Å². The second kappa shape index (κ2) is 5.89. The molecule has 0 saturated heterocycles. The van der Waals surface area contributed by atoms with Crippen LogP contribution in [0, 0.1) is 0 Å². The standard InChI is InChI=1S/C15H22N4O2/c16-15(21)12-8-17-14(19-9-4-5-9)7-13(12)18-10-2-1-3-11(20)6-10/h7-11,20H,1-6H2,(H2,16,21)(H2,17,18,19).